The Hall–Kier alpha value is -2.82. The minimum absolute atomic E-state index is 0.200. The zero-order valence-corrected chi connectivity index (χ0v) is 15.0. The Balaban J connectivity index is 2.04. The fraction of sp³-hybridized carbons (Fsp3) is 0.300. The van der Waals surface area contributed by atoms with E-state index < -0.39 is 5.97 Å². The number of hydrogen-bond acceptors (Lipinski definition) is 3. The third kappa shape index (κ3) is 3.09. The third-order valence-corrected chi connectivity index (χ3v) is 4.68. The number of imidazole rings is 1. The van der Waals surface area contributed by atoms with Crippen LogP contribution in [0.15, 0.2) is 30.3 Å². The Bertz CT molecular complexity index is 957. The van der Waals surface area contributed by atoms with E-state index in [0.29, 0.717) is 17.9 Å². The van der Waals surface area contributed by atoms with E-state index in [-0.39, 0.29) is 5.56 Å². The molecule has 0 saturated carbocycles. The van der Waals surface area contributed by atoms with Crippen molar-refractivity contribution in [1.29, 1.82) is 0 Å². The first-order valence-corrected chi connectivity index (χ1v) is 8.33. The summed E-state index contributed by atoms with van der Waals surface area (Å²) in [7, 11) is 1.87. The monoisotopic (exact) mass is 338 g/mol. The minimum Gasteiger partial charge on any atom is -0.487 e. The van der Waals surface area contributed by atoms with Crippen LogP contribution in [0.3, 0.4) is 0 Å². The van der Waals surface area contributed by atoms with Gasteiger partial charge in [0.15, 0.2) is 0 Å². The van der Waals surface area contributed by atoms with Crippen LogP contribution in [0.25, 0.3) is 11.0 Å². The molecule has 0 unspecified atom stereocenters. The fourth-order valence-electron chi connectivity index (χ4n) is 3.06. The van der Waals surface area contributed by atoms with Crippen molar-refractivity contribution in [3.8, 4) is 5.75 Å². The van der Waals surface area contributed by atoms with Crippen molar-refractivity contribution >= 4 is 17.0 Å². The summed E-state index contributed by atoms with van der Waals surface area (Å²) in [5, 5.41) is 9.39. The molecule has 0 amide bonds. The van der Waals surface area contributed by atoms with Crippen LogP contribution in [0, 0.1) is 13.8 Å². The average molecular weight is 338 g/mol. The van der Waals surface area contributed by atoms with Gasteiger partial charge in [-0.05, 0) is 49.1 Å². The van der Waals surface area contributed by atoms with E-state index in [4.69, 9.17) is 4.74 Å². The van der Waals surface area contributed by atoms with Gasteiger partial charge in [0.25, 0.3) is 0 Å². The van der Waals surface area contributed by atoms with Crippen LogP contribution in [0.1, 0.15) is 39.8 Å². The van der Waals surface area contributed by atoms with Crippen molar-refractivity contribution in [3.05, 3.63) is 58.4 Å². The Morgan fingerprint density at radius 3 is 2.72 bits per heavy atom. The first kappa shape index (κ1) is 17.0. The van der Waals surface area contributed by atoms with Crippen molar-refractivity contribution in [2.24, 2.45) is 7.05 Å². The number of rotatable bonds is 5. The van der Waals surface area contributed by atoms with E-state index in [1.165, 1.54) is 11.1 Å². The predicted molar refractivity (Wildman–Crippen MR) is 97.3 cm³/mol. The number of aromatic carboxylic acids is 1. The molecule has 1 aromatic heterocycles. The van der Waals surface area contributed by atoms with E-state index in [9.17, 15) is 9.90 Å². The summed E-state index contributed by atoms with van der Waals surface area (Å²) < 4.78 is 7.92. The maximum atomic E-state index is 11.5. The molecule has 0 aliphatic rings. The lowest BCUT2D eigenvalue weighted by Gasteiger charge is -2.13. The molecule has 5 nitrogen and oxygen atoms in total. The van der Waals surface area contributed by atoms with Crippen LogP contribution in [-0.4, -0.2) is 20.6 Å². The van der Waals surface area contributed by atoms with E-state index in [0.717, 1.165) is 23.3 Å². The van der Waals surface area contributed by atoms with E-state index in [1.807, 2.05) is 24.6 Å². The molecular formula is C20H22N2O3. The molecule has 0 aliphatic carbocycles. The third-order valence-electron chi connectivity index (χ3n) is 4.68. The summed E-state index contributed by atoms with van der Waals surface area (Å²) in [6.07, 6.45) is 0.924. The average Bonchev–Trinajstić information content (AvgIpc) is 2.88. The molecule has 0 bridgehead atoms. The van der Waals surface area contributed by atoms with Crippen LogP contribution in [0.5, 0.6) is 5.75 Å². The highest BCUT2D eigenvalue weighted by Crippen LogP contribution is 2.29. The Labute approximate surface area is 146 Å². The number of carbonyl (C=O) groups is 1. The molecule has 1 N–H and O–H groups in total. The molecule has 1 heterocycles. The quantitative estimate of drug-likeness (QED) is 0.763. The van der Waals surface area contributed by atoms with Gasteiger partial charge >= 0.3 is 5.97 Å². The highest BCUT2D eigenvalue weighted by Gasteiger charge is 2.16. The van der Waals surface area contributed by atoms with Crippen LogP contribution in [-0.2, 0) is 20.1 Å². The maximum absolute atomic E-state index is 11.5. The topological polar surface area (TPSA) is 64.3 Å². The van der Waals surface area contributed by atoms with Crippen molar-refractivity contribution in [2.45, 2.75) is 33.8 Å². The summed E-state index contributed by atoms with van der Waals surface area (Å²) in [5.41, 5.74) is 5.20. The van der Waals surface area contributed by atoms with Gasteiger partial charge in [0, 0.05) is 7.05 Å². The molecular weight excluding hydrogens is 316 g/mol. The number of carboxylic acids is 1. The Morgan fingerprint density at radius 2 is 2.04 bits per heavy atom. The van der Waals surface area contributed by atoms with Gasteiger partial charge in [0.1, 0.15) is 23.7 Å². The molecule has 0 radical (unpaired) electrons. The molecule has 0 atom stereocenters. The highest BCUT2D eigenvalue weighted by molar-refractivity contribution is 5.95. The number of fused-ring (bicyclic) bond motifs is 1. The Kier molecular flexibility index (Phi) is 4.49. The molecule has 130 valence electrons. The maximum Gasteiger partial charge on any atom is 0.335 e. The summed E-state index contributed by atoms with van der Waals surface area (Å²) in [4.78, 5) is 16.0. The molecule has 0 spiro atoms. The SMILES string of the molecule is CCc1cccc(C)c1COc1cc(C(=O)O)cc2c1nc(C)n2C. The van der Waals surface area contributed by atoms with Crippen molar-refractivity contribution in [3.63, 3.8) is 0 Å². The van der Waals surface area contributed by atoms with Gasteiger partial charge in [0.2, 0.25) is 0 Å². The number of hydrogen-bond donors (Lipinski definition) is 1. The van der Waals surface area contributed by atoms with E-state index in [2.05, 4.69) is 31.0 Å². The standard InChI is InChI=1S/C20H22N2O3/c1-5-14-8-6-7-12(2)16(14)11-25-18-10-15(20(23)24)9-17-19(18)21-13(3)22(17)4/h6-10H,5,11H2,1-4H3,(H,23,24). The van der Waals surface area contributed by atoms with Gasteiger partial charge in [-0.2, -0.15) is 0 Å². The summed E-state index contributed by atoms with van der Waals surface area (Å²) in [6.45, 7) is 6.46. The lowest BCUT2D eigenvalue weighted by Crippen LogP contribution is -2.04. The lowest BCUT2D eigenvalue weighted by molar-refractivity contribution is 0.0696. The van der Waals surface area contributed by atoms with E-state index in [1.54, 1.807) is 12.1 Å². The van der Waals surface area contributed by atoms with Crippen molar-refractivity contribution in [2.75, 3.05) is 0 Å². The fourth-order valence-corrected chi connectivity index (χ4v) is 3.06. The molecule has 0 fully saturated rings. The number of ether oxygens (including phenoxy) is 1. The van der Waals surface area contributed by atoms with Crippen molar-refractivity contribution in [1.82, 2.24) is 9.55 Å². The molecule has 0 saturated heterocycles. The van der Waals surface area contributed by atoms with Gasteiger partial charge < -0.3 is 14.4 Å². The molecule has 2 aromatic carbocycles. The second-order valence-corrected chi connectivity index (χ2v) is 6.22. The first-order valence-electron chi connectivity index (χ1n) is 8.33. The lowest BCUT2D eigenvalue weighted by atomic mass is 10.0. The molecule has 3 rings (SSSR count). The summed E-state index contributed by atoms with van der Waals surface area (Å²) in [5.74, 6) is 0.340. The number of carboxylic acid groups (broad SMARTS) is 1. The molecule has 0 aliphatic heterocycles. The van der Waals surface area contributed by atoms with Gasteiger partial charge in [-0.25, -0.2) is 9.78 Å². The van der Waals surface area contributed by atoms with Crippen molar-refractivity contribution < 1.29 is 14.6 Å². The smallest absolute Gasteiger partial charge is 0.335 e. The summed E-state index contributed by atoms with van der Waals surface area (Å²) >= 11 is 0. The molecule has 5 heteroatoms. The second kappa shape index (κ2) is 6.59. The van der Waals surface area contributed by atoms with Gasteiger partial charge in [-0.15, -0.1) is 0 Å². The predicted octanol–water partition coefficient (Wildman–Crippen LogP) is 4.03. The number of benzene rings is 2. The molecule has 25 heavy (non-hydrogen) atoms. The number of nitrogens with zero attached hydrogens (tertiary/aromatic N) is 2. The van der Waals surface area contributed by atoms with Crippen LogP contribution < -0.4 is 4.74 Å². The van der Waals surface area contributed by atoms with Gasteiger partial charge in [-0.3, -0.25) is 0 Å². The first-order chi connectivity index (χ1) is 11.9. The van der Waals surface area contributed by atoms with Crippen LogP contribution >= 0.6 is 0 Å². The van der Waals surface area contributed by atoms with Gasteiger partial charge in [0.05, 0.1) is 11.1 Å². The minimum atomic E-state index is -0.976. The van der Waals surface area contributed by atoms with Crippen LogP contribution in [0.4, 0.5) is 0 Å². The van der Waals surface area contributed by atoms with Gasteiger partial charge in [-0.1, -0.05) is 25.1 Å². The second-order valence-electron chi connectivity index (χ2n) is 6.22. The summed E-state index contributed by atoms with van der Waals surface area (Å²) in [6, 6.07) is 9.39. The normalized spacial score (nSPS) is 11.0. The number of aromatic nitrogens is 2. The largest absolute Gasteiger partial charge is 0.487 e. The number of aryl methyl sites for hydroxylation is 4. The van der Waals surface area contributed by atoms with E-state index >= 15 is 0 Å². The zero-order chi connectivity index (χ0) is 18.1. The molecule has 3 aromatic rings. The van der Waals surface area contributed by atoms with Crippen LogP contribution in [0.2, 0.25) is 0 Å². The highest BCUT2D eigenvalue weighted by atomic mass is 16.5. The Morgan fingerprint density at radius 1 is 1.28 bits per heavy atom. The zero-order valence-electron chi connectivity index (χ0n) is 15.0.